The van der Waals surface area contributed by atoms with Gasteiger partial charge in [0.25, 0.3) is 0 Å². The Bertz CT molecular complexity index is 244. The number of unbranched alkanes of at least 4 members (excludes halogenated alkanes) is 10. The molecular weight excluding hydrogens is 306 g/mol. The van der Waals surface area contributed by atoms with Crippen molar-refractivity contribution in [1.29, 1.82) is 0 Å². The van der Waals surface area contributed by atoms with Gasteiger partial charge in [0.2, 0.25) is 0 Å². The highest BCUT2D eigenvalue weighted by Crippen LogP contribution is 2.13. The molecule has 1 unspecified atom stereocenters. The fraction of sp³-hybridized carbons (Fsp3) is 1.00. The first-order valence-electron chi connectivity index (χ1n) is 11.5. The molecule has 0 spiro atoms. The minimum Gasteiger partial charge on any atom is -0.378 e. The average Bonchev–Trinajstić information content (AvgIpc) is 2.62. The van der Waals surface area contributed by atoms with Gasteiger partial charge in [-0.05, 0) is 58.7 Å². The summed E-state index contributed by atoms with van der Waals surface area (Å²) in [7, 11) is 2.27. The van der Waals surface area contributed by atoms with Crippen LogP contribution in [0.25, 0.3) is 0 Å². The summed E-state index contributed by atoms with van der Waals surface area (Å²) in [6.07, 6.45) is 20.6. The fourth-order valence-corrected chi connectivity index (χ4v) is 3.39. The van der Waals surface area contributed by atoms with Crippen LogP contribution in [0.3, 0.4) is 0 Å². The normalized spacial score (nSPS) is 12.8. The van der Waals surface area contributed by atoms with Crippen molar-refractivity contribution in [2.24, 2.45) is 0 Å². The van der Waals surface area contributed by atoms with E-state index in [9.17, 15) is 0 Å². The van der Waals surface area contributed by atoms with Gasteiger partial charge in [-0.1, -0.05) is 78.6 Å². The molecule has 0 aliphatic heterocycles. The van der Waals surface area contributed by atoms with Crippen molar-refractivity contribution < 1.29 is 4.74 Å². The average molecular weight is 356 g/mol. The van der Waals surface area contributed by atoms with Gasteiger partial charge in [0, 0.05) is 6.61 Å². The maximum atomic E-state index is 6.10. The first-order valence-corrected chi connectivity index (χ1v) is 11.5. The Kier molecular flexibility index (Phi) is 20.2. The van der Waals surface area contributed by atoms with Gasteiger partial charge in [-0.25, -0.2) is 0 Å². The summed E-state index contributed by atoms with van der Waals surface area (Å²) in [5.41, 5.74) is 0. The van der Waals surface area contributed by atoms with E-state index in [0.29, 0.717) is 6.10 Å². The Hall–Kier alpha value is -0.0800. The standard InChI is InChI=1S/C23H49NO/c1-5-8-10-12-13-15-19-23(7-3)25-22-18-14-17-21-24(4)20-16-11-9-6-2/h23H,5-22H2,1-4H3. The summed E-state index contributed by atoms with van der Waals surface area (Å²) in [5, 5.41) is 0. The molecule has 2 heteroatoms. The molecule has 0 aromatic heterocycles. The summed E-state index contributed by atoms with van der Waals surface area (Å²) in [6, 6.07) is 0. The predicted octanol–water partition coefficient (Wildman–Crippen LogP) is 7.21. The van der Waals surface area contributed by atoms with E-state index < -0.39 is 0 Å². The van der Waals surface area contributed by atoms with Crippen LogP contribution in [0.4, 0.5) is 0 Å². The Morgan fingerprint density at radius 3 is 1.76 bits per heavy atom. The van der Waals surface area contributed by atoms with Crippen LogP contribution in [0.15, 0.2) is 0 Å². The third-order valence-corrected chi connectivity index (χ3v) is 5.27. The molecule has 0 N–H and O–H groups in total. The van der Waals surface area contributed by atoms with Crippen LogP contribution in [0.2, 0.25) is 0 Å². The van der Waals surface area contributed by atoms with Gasteiger partial charge in [-0.3, -0.25) is 0 Å². The molecule has 0 bridgehead atoms. The van der Waals surface area contributed by atoms with E-state index in [1.54, 1.807) is 0 Å². The Morgan fingerprint density at radius 1 is 0.640 bits per heavy atom. The molecular formula is C23H49NO. The minimum absolute atomic E-state index is 0.507. The zero-order valence-corrected chi connectivity index (χ0v) is 18.2. The van der Waals surface area contributed by atoms with Crippen molar-refractivity contribution >= 4 is 0 Å². The first-order chi connectivity index (χ1) is 12.2. The van der Waals surface area contributed by atoms with Crippen molar-refractivity contribution in [3.63, 3.8) is 0 Å². The maximum Gasteiger partial charge on any atom is 0.0572 e. The van der Waals surface area contributed by atoms with Gasteiger partial charge in [-0.2, -0.15) is 0 Å². The van der Waals surface area contributed by atoms with E-state index >= 15 is 0 Å². The molecule has 0 heterocycles. The Morgan fingerprint density at radius 2 is 1.16 bits per heavy atom. The number of nitrogens with zero attached hydrogens (tertiary/aromatic N) is 1. The fourth-order valence-electron chi connectivity index (χ4n) is 3.39. The second kappa shape index (κ2) is 20.2. The van der Waals surface area contributed by atoms with Crippen LogP contribution in [0, 0.1) is 0 Å². The van der Waals surface area contributed by atoms with Gasteiger partial charge >= 0.3 is 0 Å². The molecule has 0 fully saturated rings. The molecule has 0 amide bonds. The second-order valence-electron chi connectivity index (χ2n) is 7.88. The summed E-state index contributed by atoms with van der Waals surface area (Å²) in [6.45, 7) is 10.3. The van der Waals surface area contributed by atoms with Crippen LogP contribution >= 0.6 is 0 Å². The molecule has 152 valence electrons. The van der Waals surface area contributed by atoms with Crippen molar-refractivity contribution in [2.45, 2.75) is 123 Å². The van der Waals surface area contributed by atoms with Gasteiger partial charge in [0.15, 0.2) is 0 Å². The highest BCUT2D eigenvalue weighted by Gasteiger charge is 2.06. The molecule has 0 saturated carbocycles. The topological polar surface area (TPSA) is 12.5 Å². The molecule has 0 aliphatic carbocycles. The van der Waals surface area contributed by atoms with E-state index in [1.165, 1.54) is 109 Å². The number of rotatable bonds is 20. The lowest BCUT2D eigenvalue weighted by Crippen LogP contribution is -2.21. The zero-order valence-electron chi connectivity index (χ0n) is 18.2. The van der Waals surface area contributed by atoms with Crippen molar-refractivity contribution in [3.8, 4) is 0 Å². The van der Waals surface area contributed by atoms with Gasteiger partial charge in [0.05, 0.1) is 6.10 Å². The quantitative estimate of drug-likeness (QED) is 0.214. The van der Waals surface area contributed by atoms with Crippen molar-refractivity contribution in [2.75, 3.05) is 26.7 Å². The van der Waals surface area contributed by atoms with Crippen LogP contribution in [0.1, 0.15) is 117 Å². The van der Waals surface area contributed by atoms with E-state index in [4.69, 9.17) is 4.74 Å². The van der Waals surface area contributed by atoms with Crippen molar-refractivity contribution in [3.05, 3.63) is 0 Å². The smallest absolute Gasteiger partial charge is 0.0572 e. The highest BCUT2D eigenvalue weighted by molar-refractivity contribution is 4.58. The third-order valence-electron chi connectivity index (χ3n) is 5.27. The third kappa shape index (κ3) is 18.5. The molecule has 1 atom stereocenters. The van der Waals surface area contributed by atoms with E-state index in [0.717, 1.165) is 6.61 Å². The van der Waals surface area contributed by atoms with Gasteiger partial charge in [-0.15, -0.1) is 0 Å². The van der Waals surface area contributed by atoms with Crippen LogP contribution in [-0.4, -0.2) is 37.7 Å². The van der Waals surface area contributed by atoms with Crippen LogP contribution < -0.4 is 0 Å². The Balaban J connectivity index is 3.39. The molecule has 0 saturated heterocycles. The zero-order chi connectivity index (χ0) is 18.6. The lowest BCUT2D eigenvalue weighted by Gasteiger charge is -2.17. The SMILES string of the molecule is CCCCCCCCC(CC)OCCCCCN(C)CCCCCC. The summed E-state index contributed by atoms with van der Waals surface area (Å²) < 4.78 is 6.10. The summed E-state index contributed by atoms with van der Waals surface area (Å²) in [5.74, 6) is 0. The lowest BCUT2D eigenvalue weighted by atomic mass is 10.1. The molecule has 0 aliphatic rings. The van der Waals surface area contributed by atoms with Gasteiger partial charge in [0.1, 0.15) is 0 Å². The molecule has 2 nitrogen and oxygen atoms in total. The van der Waals surface area contributed by atoms with E-state index in [2.05, 4.69) is 32.7 Å². The number of hydrogen-bond acceptors (Lipinski definition) is 2. The largest absolute Gasteiger partial charge is 0.378 e. The van der Waals surface area contributed by atoms with Crippen LogP contribution in [-0.2, 0) is 4.74 Å². The summed E-state index contributed by atoms with van der Waals surface area (Å²) >= 11 is 0. The minimum atomic E-state index is 0.507. The second-order valence-corrected chi connectivity index (χ2v) is 7.88. The number of hydrogen-bond donors (Lipinski definition) is 0. The Labute approximate surface area is 160 Å². The van der Waals surface area contributed by atoms with E-state index in [1.807, 2.05) is 0 Å². The molecule has 0 rings (SSSR count). The summed E-state index contributed by atoms with van der Waals surface area (Å²) in [4.78, 5) is 2.50. The van der Waals surface area contributed by atoms with Gasteiger partial charge < -0.3 is 9.64 Å². The molecule has 0 aromatic carbocycles. The molecule has 25 heavy (non-hydrogen) atoms. The monoisotopic (exact) mass is 355 g/mol. The first kappa shape index (κ1) is 24.9. The van der Waals surface area contributed by atoms with Crippen molar-refractivity contribution in [1.82, 2.24) is 4.90 Å². The van der Waals surface area contributed by atoms with Crippen LogP contribution in [0.5, 0.6) is 0 Å². The van der Waals surface area contributed by atoms with E-state index in [-0.39, 0.29) is 0 Å². The number of ether oxygens (including phenoxy) is 1. The maximum absolute atomic E-state index is 6.10. The molecule has 0 aromatic rings. The molecule has 0 radical (unpaired) electrons. The highest BCUT2D eigenvalue weighted by atomic mass is 16.5. The predicted molar refractivity (Wildman–Crippen MR) is 114 cm³/mol. The lowest BCUT2D eigenvalue weighted by molar-refractivity contribution is 0.0405.